The van der Waals surface area contributed by atoms with Gasteiger partial charge in [0.1, 0.15) is 29.1 Å². The third-order valence-electron chi connectivity index (χ3n) is 5.76. The number of ketones is 2. The molecule has 27 heavy (non-hydrogen) atoms. The number of phenols is 3. The molecule has 138 valence electrons. The van der Waals surface area contributed by atoms with E-state index < -0.39 is 23.4 Å². The number of benzene rings is 2. The number of aromatic hydroxyl groups is 3. The van der Waals surface area contributed by atoms with Gasteiger partial charge in [-0.05, 0) is 25.0 Å². The molecular weight excluding hydrogens is 352 g/mol. The lowest BCUT2D eigenvalue weighted by Gasteiger charge is -2.28. The molecule has 0 unspecified atom stereocenters. The fourth-order valence-electron chi connectivity index (χ4n) is 4.56. The molecule has 0 spiro atoms. The predicted molar refractivity (Wildman–Crippen MR) is 91.8 cm³/mol. The first-order valence-electron chi connectivity index (χ1n) is 8.76. The van der Waals surface area contributed by atoms with E-state index in [2.05, 4.69) is 0 Å². The lowest BCUT2D eigenvalue weighted by Crippen LogP contribution is -2.30. The zero-order valence-corrected chi connectivity index (χ0v) is 14.1. The van der Waals surface area contributed by atoms with Crippen molar-refractivity contribution in [3.05, 3.63) is 46.0 Å². The zero-order valence-electron chi connectivity index (χ0n) is 14.1. The van der Waals surface area contributed by atoms with Crippen LogP contribution >= 0.6 is 0 Å². The van der Waals surface area contributed by atoms with Crippen LogP contribution in [0.1, 0.15) is 62.6 Å². The van der Waals surface area contributed by atoms with Gasteiger partial charge in [0.25, 0.3) is 0 Å². The van der Waals surface area contributed by atoms with Crippen molar-refractivity contribution < 1.29 is 34.8 Å². The molecule has 2 aliphatic carbocycles. The lowest BCUT2D eigenvalue weighted by molar-refractivity contribution is 0.0548. The van der Waals surface area contributed by atoms with Crippen molar-refractivity contribution in [3.8, 4) is 23.0 Å². The molecule has 0 amide bonds. The Morgan fingerprint density at radius 3 is 2.44 bits per heavy atom. The highest BCUT2D eigenvalue weighted by molar-refractivity contribution is 6.30. The summed E-state index contributed by atoms with van der Waals surface area (Å²) in [4.78, 5) is 25.9. The van der Waals surface area contributed by atoms with Gasteiger partial charge in [-0.1, -0.05) is 0 Å². The number of hydrogen-bond donors (Lipinski definition) is 4. The topological polar surface area (TPSA) is 124 Å². The number of ether oxygens (including phenoxy) is 1. The van der Waals surface area contributed by atoms with Gasteiger partial charge in [-0.3, -0.25) is 9.59 Å². The Morgan fingerprint density at radius 2 is 1.67 bits per heavy atom. The fourth-order valence-corrected chi connectivity index (χ4v) is 4.56. The Bertz CT molecular complexity index is 1040. The standard InChI is InChI=1S/C20H16O7/c21-7-1-2-9-13(5-7)27-14-6-11-17(20(26)16(9)14)19(25)15-10(18(11)24)3-8(22)4-12(15)23/h3-4,6-7,9,13,21-23,26H,1-2,5H2/t7-,9-,13-/m1/s1. The van der Waals surface area contributed by atoms with Crippen LogP contribution in [0.15, 0.2) is 18.2 Å². The molecule has 1 saturated carbocycles. The van der Waals surface area contributed by atoms with Crippen LogP contribution in [-0.4, -0.2) is 44.2 Å². The van der Waals surface area contributed by atoms with Gasteiger partial charge in [0.2, 0.25) is 5.78 Å². The molecule has 1 aliphatic heterocycles. The summed E-state index contributed by atoms with van der Waals surface area (Å²) in [6, 6.07) is 3.56. The summed E-state index contributed by atoms with van der Waals surface area (Å²) in [6.45, 7) is 0. The molecule has 2 aromatic rings. The van der Waals surface area contributed by atoms with Crippen LogP contribution in [-0.2, 0) is 0 Å². The van der Waals surface area contributed by atoms with Crippen molar-refractivity contribution in [2.45, 2.75) is 37.4 Å². The highest BCUT2D eigenvalue weighted by atomic mass is 16.5. The lowest BCUT2D eigenvalue weighted by atomic mass is 9.77. The van der Waals surface area contributed by atoms with E-state index in [1.807, 2.05) is 0 Å². The van der Waals surface area contributed by atoms with Crippen molar-refractivity contribution in [1.29, 1.82) is 0 Å². The van der Waals surface area contributed by atoms with E-state index in [4.69, 9.17) is 4.74 Å². The molecule has 3 atom stereocenters. The Labute approximate surface area is 153 Å². The van der Waals surface area contributed by atoms with Crippen LogP contribution < -0.4 is 4.74 Å². The maximum Gasteiger partial charge on any atom is 0.201 e. The van der Waals surface area contributed by atoms with E-state index in [1.165, 1.54) is 6.07 Å². The molecule has 0 radical (unpaired) electrons. The molecular formula is C20H16O7. The van der Waals surface area contributed by atoms with E-state index in [0.29, 0.717) is 30.6 Å². The van der Waals surface area contributed by atoms with Crippen molar-refractivity contribution >= 4 is 11.6 Å². The highest BCUT2D eigenvalue weighted by Gasteiger charge is 2.45. The summed E-state index contributed by atoms with van der Waals surface area (Å²) in [6.07, 6.45) is 0.785. The van der Waals surface area contributed by atoms with Crippen LogP contribution in [0.5, 0.6) is 23.0 Å². The SMILES string of the molecule is O=C1c2cc(O)cc(O)c2C(=O)c2c1cc1c(c2O)[C@@H]2CC[C@@H](O)C[C@H]2O1. The molecule has 0 aromatic heterocycles. The molecule has 7 nitrogen and oxygen atoms in total. The van der Waals surface area contributed by atoms with Crippen LogP contribution in [0.2, 0.25) is 0 Å². The molecule has 1 heterocycles. The summed E-state index contributed by atoms with van der Waals surface area (Å²) in [5, 5.41) is 40.5. The average molecular weight is 368 g/mol. The Morgan fingerprint density at radius 1 is 0.926 bits per heavy atom. The van der Waals surface area contributed by atoms with E-state index in [1.54, 1.807) is 0 Å². The van der Waals surface area contributed by atoms with E-state index in [-0.39, 0.29) is 45.8 Å². The normalized spacial score (nSPS) is 25.3. The van der Waals surface area contributed by atoms with Crippen LogP contribution in [0.3, 0.4) is 0 Å². The second-order valence-electron chi connectivity index (χ2n) is 7.33. The van der Waals surface area contributed by atoms with Crippen molar-refractivity contribution in [2.24, 2.45) is 0 Å². The zero-order chi connectivity index (χ0) is 19.0. The second kappa shape index (κ2) is 5.23. The van der Waals surface area contributed by atoms with Gasteiger partial charge in [-0.2, -0.15) is 0 Å². The van der Waals surface area contributed by atoms with Gasteiger partial charge in [0, 0.05) is 35.1 Å². The summed E-state index contributed by atoms with van der Waals surface area (Å²) in [7, 11) is 0. The third kappa shape index (κ3) is 2.06. The monoisotopic (exact) mass is 368 g/mol. The second-order valence-corrected chi connectivity index (χ2v) is 7.33. The number of carbonyl (C=O) groups excluding carboxylic acids is 2. The number of rotatable bonds is 0. The van der Waals surface area contributed by atoms with Gasteiger partial charge in [-0.15, -0.1) is 0 Å². The minimum absolute atomic E-state index is 0.0204. The predicted octanol–water partition coefficient (Wildman–Crippen LogP) is 1.97. The number of aliphatic hydroxyl groups is 1. The number of carbonyl (C=O) groups is 2. The first-order valence-corrected chi connectivity index (χ1v) is 8.76. The van der Waals surface area contributed by atoms with Crippen molar-refractivity contribution in [1.82, 2.24) is 0 Å². The van der Waals surface area contributed by atoms with Gasteiger partial charge < -0.3 is 25.2 Å². The van der Waals surface area contributed by atoms with Gasteiger partial charge in [0.05, 0.1) is 17.2 Å². The Hall–Kier alpha value is -3.06. The van der Waals surface area contributed by atoms with E-state index in [9.17, 15) is 30.0 Å². The fraction of sp³-hybridized carbons (Fsp3) is 0.300. The van der Waals surface area contributed by atoms with Gasteiger partial charge in [-0.25, -0.2) is 0 Å². The third-order valence-corrected chi connectivity index (χ3v) is 5.76. The summed E-state index contributed by atoms with van der Waals surface area (Å²) < 4.78 is 5.86. The Balaban J connectivity index is 1.72. The molecule has 3 aliphatic rings. The number of fused-ring (bicyclic) bond motifs is 5. The molecule has 7 heteroatoms. The summed E-state index contributed by atoms with van der Waals surface area (Å²) in [5.74, 6) is -2.22. The molecule has 5 rings (SSSR count). The van der Waals surface area contributed by atoms with E-state index >= 15 is 0 Å². The maximum atomic E-state index is 13.0. The minimum atomic E-state index is -0.670. The number of phenolic OH excluding ortho intramolecular Hbond substituents is 3. The molecule has 1 fully saturated rings. The molecule has 4 N–H and O–H groups in total. The Kier molecular flexibility index (Phi) is 3.13. The molecule has 0 bridgehead atoms. The smallest absolute Gasteiger partial charge is 0.201 e. The highest BCUT2D eigenvalue weighted by Crippen LogP contribution is 2.53. The largest absolute Gasteiger partial charge is 0.508 e. The molecule has 0 saturated heterocycles. The van der Waals surface area contributed by atoms with Crippen molar-refractivity contribution in [3.63, 3.8) is 0 Å². The maximum absolute atomic E-state index is 13.0. The first kappa shape index (κ1) is 16.1. The average Bonchev–Trinajstić information content (AvgIpc) is 2.96. The van der Waals surface area contributed by atoms with Crippen molar-refractivity contribution in [2.75, 3.05) is 0 Å². The van der Waals surface area contributed by atoms with Gasteiger partial charge in [0.15, 0.2) is 5.78 Å². The first-order chi connectivity index (χ1) is 12.9. The van der Waals surface area contributed by atoms with Crippen LogP contribution in [0.25, 0.3) is 0 Å². The van der Waals surface area contributed by atoms with E-state index in [0.717, 1.165) is 12.1 Å². The number of hydrogen-bond acceptors (Lipinski definition) is 7. The van der Waals surface area contributed by atoms with Gasteiger partial charge >= 0.3 is 0 Å². The molecule has 2 aromatic carbocycles. The quantitative estimate of drug-likeness (QED) is 0.478. The number of aliphatic hydroxyl groups excluding tert-OH is 1. The van der Waals surface area contributed by atoms with Crippen LogP contribution in [0, 0.1) is 0 Å². The summed E-state index contributed by atoms with van der Waals surface area (Å²) >= 11 is 0. The summed E-state index contributed by atoms with van der Waals surface area (Å²) in [5.41, 5.74) is -0.0330. The van der Waals surface area contributed by atoms with Crippen LogP contribution in [0.4, 0.5) is 0 Å². The minimum Gasteiger partial charge on any atom is -0.508 e.